The number of hydrogen-bond donors (Lipinski definition) is 1. The Morgan fingerprint density at radius 2 is 1.75 bits per heavy atom. The minimum Gasteiger partial charge on any atom is -0.550 e. The van der Waals surface area contributed by atoms with Crippen LogP contribution in [0.2, 0.25) is 0 Å². The molecule has 0 aliphatic carbocycles. The summed E-state index contributed by atoms with van der Waals surface area (Å²) in [6, 6.07) is 6.66. The van der Waals surface area contributed by atoms with Gasteiger partial charge in [0.15, 0.2) is 0 Å². The van der Waals surface area contributed by atoms with Gasteiger partial charge in [-0.15, -0.1) is 0 Å². The molecule has 0 aromatic heterocycles. The van der Waals surface area contributed by atoms with Gasteiger partial charge in [-0.2, -0.15) is 0 Å². The normalized spacial score (nSPS) is 22.8. The molecule has 3 rings (SSSR count). The summed E-state index contributed by atoms with van der Waals surface area (Å²) in [5.74, 6) is -0.747. The molecule has 0 saturated carbocycles. The van der Waals surface area contributed by atoms with Crippen LogP contribution in [0.25, 0.3) is 0 Å². The molecule has 1 N–H and O–H groups in total. The minimum atomic E-state index is -0.991. The number of anilines is 1. The summed E-state index contributed by atoms with van der Waals surface area (Å²) in [6.07, 6.45) is 2.26. The Morgan fingerprint density at radius 3 is 2.34 bits per heavy atom. The van der Waals surface area contributed by atoms with E-state index in [0.29, 0.717) is 19.5 Å². The minimum absolute atomic E-state index is 0.0528. The third kappa shape index (κ3) is 7.19. The van der Waals surface area contributed by atoms with Gasteiger partial charge in [0, 0.05) is 37.6 Å². The second-order valence-electron chi connectivity index (χ2n) is 10.7. The van der Waals surface area contributed by atoms with Gasteiger partial charge >= 0.3 is 0 Å². The van der Waals surface area contributed by atoms with Crippen LogP contribution in [0, 0.1) is 23.1 Å². The largest absolute Gasteiger partial charge is 0.550 e. The number of piperazine rings is 1. The molecule has 2 heterocycles. The zero-order chi connectivity index (χ0) is 23.3. The Kier molecular flexibility index (Phi) is 8.15. The van der Waals surface area contributed by atoms with Crippen molar-refractivity contribution >= 4 is 17.6 Å². The van der Waals surface area contributed by atoms with Gasteiger partial charge < -0.3 is 24.6 Å². The van der Waals surface area contributed by atoms with Crippen molar-refractivity contribution < 1.29 is 24.0 Å². The van der Waals surface area contributed by atoms with Crippen LogP contribution in [-0.2, 0) is 9.59 Å². The Hall–Kier alpha value is -2.15. The second kappa shape index (κ2) is 10.6. The highest BCUT2D eigenvalue weighted by Crippen LogP contribution is 2.30. The van der Waals surface area contributed by atoms with Crippen molar-refractivity contribution in [3.63, 3.8) is 0 Å². The molecule has 0 bridgehead atoms. The van der Waals surface area contributed by atoms with Crippen LogP contribution in [-0.4, -0.2) is 62.6 Å². The number of halogens is 1. The van der Waals surface area contributed by atoms with Gasteiger partial charge in [0.25, 0.3) is 0 Å². The lowest BCUT2D eigenvalue weighted by Gasteiger charge is -2.40. The Balaban J connectivity index is 1.52. The Morgan fingerprint density at radius 1 is 1.09 bits per heavy atom. The predicted octanol–water partition coefficient (Wildman–Crippen LogP) is 0.962. The van der Waals surface area contributed by atoms with E-state index in [9.17, 15) is 19.1 Å². The highest BCUT2D eigenvalue weighted by molar-refractivity contribution is 5.77. The van der Waals surface area contributed by atoms with E-state index in [4.69, 9.17) is 0 Å². The molecule has 0 radical (unpaired) electrons. The van der Waals surface area contributed by atoms with Gasteiger partial charge in [0.2, 0.25) is 5.91 Å². The summed E-state index contributed by atoms with van der Waals surface area (Å²) in [6.45, 7) is 12.3. The third-order valence-corrected chi connectivity index (χ3v) is 6.89. The average Bonchev–Trinajstić information content (AvgIpc) is 2.72. The summed E-state index contributed by atoms with van der Waals surface area (Å²) in [7, 11) is 0. The number of benzene rings is 1. The molecule has 1 aromatic carbocycles. The Bertz CT molecular complexity index is 770. The first-order chi connectivity index (χ1) is 15.1. The van der Waals surface area contributed by atoms with Crippen molar-refractivity contribution in [3.8, 4) is 0 Å². The summed E-state index contributed by atoms with van der Waals surface area (Å²) in [5.41, 5.74) is 1.00. The molecule has 7 heteroatoms. The monoisotopic (exact) mass is 447 g/mol. The first kappa shape index (κ1) is 24.5. The number of rotatable bonds is 7. The quantitative estimate of drug-likeness (QED) is 0.676. The number of nitrogens with one attached hydrogen (secondary N) is 1. The number of aliphatic carboxylic acids is 1. The maximum atomic E-state index is 13.2. The van der Waals surface area contributed by atoms with Gasteiger partial charge in [-0.25, -0.2) is 4.39 Å². The van der Waals surface area contributed by atoms with Crippen LogP contribution in [0.4, 0.5) is 10.1 Å². The molecule has 2 atom stereocenters. The number of amides is 1. The lowest BCUT2D eigenvalue weighted by atomic mass is 9.80. The molecule has 32 heavy (non-hydrogen) atoms. The van der Waals surface area contributed by atoms with Gasteiger partial charge in [-0.3, -0.25) is 4.79 Å². The van der Waals surface area contributed by atoms with Crippen LogP contribution in [0.1, 0.15) is 46.5 Å². The molecular weight excluding hydrogens is 409 g/mol. The number of carboxylic acids is 1. The maximum Gasteiger partial charge on any atom is 0.223 e. The summed E-state index contributed by atoms with van der Waals surface area (Å²) < 4.78 is 13.2. The number of hydrogen-bond acceptors (Lipinski definition) is 4. The number of likely N-dealkylation sites (tertiary alicyclic amines) is 1. The van der Waals surface area contributed by atoms with E-state index in [0.717, 1.165) is 51.3 Å². The molecule has 2 aliphatic rings. The first-order valence-electron chi connectivity index (χ1n) is 11.9. The SMILES string of the molecule is CC(C)(C)CC(=O)N1CC[C@@H](CC(=O)[O-])[C@@H](CC[NH+]2CCN(c3ccc(F)cc3)CC2)C1. The lowest BCUT2D eigenvalue weighted by molar-refractivity contribution is -0.901. The highest BCUT2D eigenvalue weighted by atomic mass is 19.1. The molecule has 2 saturated heterocycles. The molecule has 1 aromatic rings. The van der Waals surface area contributed by atoms with Crippen molar-refractivity contribution in [2.75, 3.05) is 50.7 Å². The van der Waals surface area contributed by atoms with Crippen LogP contribution in [0.15, 0.2) is 24.3 Å². The van der Waals surface area contributed by atoms with E-state index in [1.54, 1.807) is 0 Å². The van der Waals surface area contributed by atoms with E-state index < -0.39 is 5.97 Å². The van der Waals surface area contributed by atoms with Crippen LogP contribution < -0.4 is 14.9 Å². The lowest BCUT2D eigenvalue weighted by Crippen LogP contribution is -3.15. The number of carboxylic acid groups (broad SMARTS) is 1. The topological polar surface area (TPSA) is 68.1 Å². The van der Waals surface area contributed by atoms with E-state index in [1.807, 2.05) is 17.0 Å². The molecule has 6 nitrogen and oxygen atoms in total. The molecule has 0 spiro atoms. The van der Waals surface area contributed by atoms with Gasteiger partial charge in [0.1, 0.15) is 5.82 Å². The zero-order valence-electron chi connectivity index (χ0n) is 19.7. The zero-order valence-corrected chi connectivity index (χ0v) is 19.7. The van der Waals surface area contributed by atoms with Crippen molar-refractivity contribution in [2.45, 2.75) is 46.5 Å². The number of nitrogens with zero attached hydrogens (tertiary/aromatic N) is 2. The van der Waals surface area contributed by atoms with Gasteiger partial charge in [-0.05, 0) is 54.4 Å². The molecule has 1 amide bonds. The van der Waals surface area contributed by atoms with Crippen molar-refractivity contribution in [3.05, 3.63) is 30.1 Å². The van der Waals surface area contributed by atoms with Crippen LogP contribution in [0.5, 0.6) is 0 Å². The van der Waals surface area contributed by atoms with Crippen LogP contribution in [0.3, 0.4) is 0 Å². The van der Waals surface area contributed by atoms with Crippen molar-refractivity contribution in [1.29, 1.82) is 0 Å². The molecule has 0 unspecified atom stereocenters. The van der Waals surface area contributed by atoms with E-state index in [1.165, 1.54) is 17.0 Å². The summed E-state index contributed by atoms with van der Waals surface area (Å²) >= 11 is 0. The van der Waals surface area contributed by atoms with E-state index >= 15 is 0 Å². The fourth-order valence-corrected chi connectivity index (χ4v) is 5.06. The van der Waals surface area contributed by atoms with E-state index in [-0.39, 0.29) is 35.4 Å². The van der Waals surface area contributed by atoms with Crippen LogP contribution >= 0.6 is 0 Å². The maximum absolute atomic E-state index is 13.2. The summed E-state index contributed by atoms with van der Waals surface area (Å²) in [5, 5.41) is 11.3. The summed E-state index contributed by atoms with van der Waals surface area (Å²) in [4.78, 5) is 29.8. The standard InChI is InChI=1S/C25H38FN3O3/c1-25(2,3)17-23(30)29-11-9-19(16-24(31)32)20(18-29)8-10-27-12-14-28(15-13-27)22-6-4-21(26)5-7-22/h4-7,19-20H,8-18H2,1-3H3,(H,31,32)/t19-,20-/m0/s1. The second-order valence-corrected chi connectivity index (χ2v) is 10.7. The first-order valence-corrected chi connectivity index (χ1v) is 11.9. The van der Waals surface area contributed by atoms with Crippen molar-refractivity contribution in [1.82, 2.24) is 4.90 Å². The third-order valence-electron chi connectivity index (χ3n) is 6.89. The molecule has 2 fully saturated rings. The Labute approximate surface area is 191 Å². The number of carbonyl (C=O) groups excluding carboxylic acids is 2. The number of quaternary nitrogens is 1. The average molecular weight is 448 g/mol. The number of carbonyl (C=O) groups is 2. The number of piperidine rings is 1. The van der Waals surface area contributed by atoms with Crippen molar-refractivity contribution in [2.24, 2.45) is 17.3 Å². The highest BCUT2D eigenvalue weighted by Gasteiger charge is 2.33. The van der Waals surface area contributed by atoms with Gasteiger partial charge in [0.05, 0.1) is 32.7 Å². The fraction of sp³-hybridized carbons (Fsp3) is 0.680. The predicted molar refractivity (Wildman–Crippen MR) is 121 cm³/mol. The molecular formula is C25H38FN3O3. The smallest absolute Gasteiger partial charge is 0.223 e. The molecule has 2 aliphatic heterocycles. The fourth-order valence-electron chi connectivity index (χ4n) is 5.06. The molecule has 178 valence electrons. The van der Waals surface area contributed by atoms with Gasteiger partial charge in [-0.1, -0.05) is 20.8 Å². The van der Waals surface area contributed by atoms with E-state index in [2.05, 4.69) is 25.7 Å².